The van der Waals surface area contributed by atoms with Crippen molar-refractivity contribution in [3.05, 3.63) is 35.9 Å². The summed E-state index contributed by atoms with van der Waals surface area (Å²) in [4.78, 5) is 12.7. The van der Waals surface area contributed by atoms with Crippen molar-refractivity contribution in [3.63, 3.8) is 0 Å². The Morgan fingerprint density at radius 2 is 1.86 bits per heavy atom. The van der Waals surface area contributed by atoms with Gasteiger partial charge in [-0.1, -0.05) is 37.3 Å². The largest absolute Gasteiger partial charge is 0.381 e. The lowest BCUT2D eigenvalue weighted by Gasteiger charge is -2.36. The summed E-state index contributed by atoms with van der Waals surface area (Å²) in [7, 11) is 0. The van der Waals surface area contributed by atoms with E-state index in [0.29, 0.717) is 32.6 Å². The molecule has 1 aromatic carbocycles. The van der Waals surface area contributed by atoms with Crippen LogP contribution in [-0.4, -0.2) is 31.7 Å². The quantitative estimate of drug-likeness (QED) is 0.873. The van der Waals surface area contributed by atoms with Crippen molar-refractivity contribution in [2.45, 2.75) is 38.6 Å². The van der Waals surface area contributed by atoms with Crippen LogP contribution in [0.25, 0.3) is 0 Å². The summed E-state index contributed by atoms with van der Waals surface area (Å²) >= 11 is 0. The molecule has 3 N–H and O–H groups in total. The molecule has 0 aromatic heterocycles. The highest BCUT2D eigenvalue weighted by Gasteiger charge is 2.39. The molecule has 1 aliphatic rings. The molecule has 2 unspecified atom stereocenters. The molecule has 1 amide bonds. The van der Waals surface area contributed by atoms with E-state index in [1.165, 1.54) is 5.56 Å². The van der Waals surface area contributed by atoms with Gasteiger partial charge in [-0.05, 0) is 25.3 Å². The molecule has 0 spiro atoms. The topological polar surface area (TPSA) is 64.4 Å². The maximum Gasteiger partial charge on any atom is 0.227 e. The summed E-state index contributed by atoms with van der Waals surface area (Å²) in [6, 6.07) is 10.3. The number of benzene rings is 1. The lowest BCUT2D eigenvalue weighted by atomic mass is 9.79. The van der Waals surface area contributed by atoms with Gasteiger partial charge in [-0.15, -0.1) is 12.4 Å². The fourth-order valence-corrected chi connectivity index (χ4v) is 2.82. The summed E-state index contributed by atoms with van der Waals surface area (Å²) in [5.74, 6) is 0.341. The summed E-state index contributed by atoms with van der Waals surface area (Å²) < 4.78 is 5.36. The van der Waals surface area contributed by atoms with Gasteiger partial charge in [0.05, 0.1) is 5.41 Å². The molecule has 1 heterocycles. The number of nitrogens with two attached hydrogens (primary N) is 1. The predicted molar refractivity (Wildman–Crippen MR) is 91.3 cm³/mol. The Morgan fingerprint density at radius 1 is 1.27 bits per heavy atom. The van der Waals surface area contributed by atoms with Crippen LogP contribution in [0.3, 0.4) is 0 Å². The van der Waals surface area contributed by atoms with E-state index in [4.69, 9.17) is 10.5 Å². The van der Waals surface area contributed by atoms with Crippen LogP contribution in [0.2, 0.25) is 0 Å². The van der Waals surface area contributed by atoms with Crippen LogP contribution >= 0.6 is 12.4 Å². The molecule has 5 heteroatoms. The average molecular weight is 327 g/mol. The van der Waals surface area contributed by atoms with Gasteiger partial charge in [-0.3, -0.25) is 4.79 Å². The number of nitrogens with one attached hydrogen (secondary N) is 1. The molecule has 0 bridgehead atoms. The third-order valence-corrected chi connectivity index (χ3v) is 4.76. The van der Waals surface area contributed by atoms with Gasteiger partial charge in [-0.25, -0.2) is 0 Å². The lowest BCUT2D eigenvalue weighted by molar-refractivity contribution is -0.136. The molecular weight excluding hydrogens is 300 g/mol. The molecule has 1 aliphatic heterocycles. The van der Waals surface area contributed by atoms with Crippen molar-refractivity contribution in [1.82, 2.24) is 5.32 Å². The fraction of sp³-hybridized carbons (Fsp3) is 0.588. The van der Waals surface area contributed by atoms with Crippen molar-refractivity contribution in [3.8, 4) is 0 Å². The van der Waals surface area contributed by atoms with Crippen LogP contribution in [0.15, 0.2) is 30.3 Å². The molecule has 124 valence electrons. The first-order chi connectivity index (χ1) is 10.1. The number of carbonyl (C=O) groups excluding carboxylic acids is 1. The van der Waals surface area contributed by atoms with Crippen molar-refractivity contribution < 1.29 is 9.53 Å². The molecule has 0 radical (unpaired) electrons. The molecule has 1 saturated heterocycles. The number of carbonyl (C=O) groups is 1. The van der Waals surface area contributed by atoms with E-state index in [1.54, 1.807) is 0 Å². The van der Waals surface area contributed by atoms with Crippen LogP contribution < -0.4 is 11.1 Å². The number of hydrogen-bond donors (Lipinski definition) is 2. The summed E-state index contributed by atoms with van der Waals surface area (Å²) in [5, 5.41) is 3.17. The van der Waals surface area contributed by atoms with E-state index in [-0.39, 0.29) is 30.3 Å². The highest BCUT2D eigenvalue weighted by atomic mass is 35.5. The zero-order chi connectivity index (χ0) is 15.3. The summed E-state index contributed by atoms with van der Waals surface area (Å²) in [5.41, 5.74) is 6.67. The van der Waals surface area contributed by atoms with E-state index >= 15 is 0 Å². The van der Waals surface area contributed by atoms with Gasteiger partial charge >= 0.3 is 0 Å². The Hall–Kier alpha value is -1.10. The predicted octanol–water partition coefficient (Wildman–Crippen LogP) is 2.47. The van der Waals surface area contributed by atoms with Crippen molar-refractivity contribution in [2.75, 3.05) is 19.8 Å². The molecule has 2 atom stereocenters. The van der Waals surface area contributed by atoms with Gasteiger partial charge in [0, 0.05) is 31.7 Å². The maximum absolute atomic E-state index is 12.7. The molecule has 0 aliphatic carbocycles. The van der Waals surface area contributed by atoms with Crippen LogP contribution in [-0.2, 0) is 9.53 Å². The maximum atomic E-state index is 12.7. The normalized spacial score (nSPS) is 19.6. The molecule has 1 fully saturated rings. The van der Waals surface area contributed by atoms with Gasteiger partial charge in [0.1, 0.15) is 0 Å². The SMILES string of the molecule is CC(NC(=O)C1(CN)CCOCC1)C(C)c1ccccc1.Cl. The van der Waals surface area contributed by atoms with E-state index in [2.05, 4.69) is 31.3 Å². The monoisotopic (exact) mass is 326 g/mol. The third kappa shape index (κ3) is 4.22. The second kappa shape index (κ2) is 8.51. The van der Waals surface area contributed by atoms with Gasteiger partial charge in [0.2, 0.25) is 5.91 Å². The molecule has 22 heavy (non-hydrogen) atoms. The zero-order valence-corrected chi connectivity index (χ0v) is 14.2. The minimum absolute atomic E-state index is 0. The molecule has 1 aromatic rings. The zero-order valence-electron chi connectivity index (χ0n) is 13.4. The second-order valence-electron chi connectivity index (χ2n) is 6.06. The summed E-state index contributed by atoms with van der Waals surface area (Å²) in [6.07, 6.45) is 1.42. The van der Waals surface area contributed by atoms with Crippen molar-refractivity contribution >= 4 is 18.3 Å². The third-order valence-electron chi connectivity index (χ3n) is 4.76. The van der Waals surface area contributed by atoms with Crippen LogP contribution in [0, 0.1) is 5.41 Å². The van der Waals surface area contributed by atoms with Crippen LogP contribution in [0.1, 0.15) is 38.2 Å². The highest BCUT2D eigenvalue weighted by Crippen LogP contribution is 2.30. The first kappa shape index (κ1) is 18.9. The molecule has 4 nitrogen and oxygen atoms in total. The molecular formula is C17H27ClN2O2. The smallest absolute Gasteiger partial charge is 0.227 e. The summed E-state index contributed by atoms with van der Waals surface area (Å²) in [6.45, 7) is 5.81. The number of halogens is 1. The minimum atomic E-state index is -0.455. The second-order valence-corrected chi connectivity index (χ2v) is 6.06. The fourth-order valence-electron chi connectivity index (χ4n) is 2.82. The Labute approximate surface area is 139 Å². The Balaban J connectivity index is 0.00000242. The van der Waals surface area contributed by atoms with E-state index in [1.807, 2.05) is 18.2 Å². The Bertz CT molecular complexity index is 461. The van der Waals surface area contributed by atoms with E-state index < -0.39 is 5.41 Å². The Morgan fingerprint density at radius 3 is 2.41 bits per heavy atom. The number of amides is 1. The van der Waals surface area contributed by atoms with Gasteiger partial charge in [0.25, 0.3) is 0 Å². The van der Waals surface area contributed by atoms with Crippen LogP contribution in [0.4, 0.5) is 0 Å². The van der Waals surface area contributed by atoms with E-state index in [0.717, 1.165) is 0 Å². The van der Waals surface area contributed by atoms with Crippen molar-refractivity contribution in [1.29, 1.82) is 0 Å². The first-order valence-corrected chi connectivity index (χ1v) is 7.73. The van der Waals surface area contributed by atoms with Gasteiger partial charge in [0.15, 0.2) is 0 Å². The highest BCUT2D eigenvalue weighted by molar-refractivity contribution is 5.85. The average Bonchev–Trinajstić information content (AvgIpc) is 2.55. The van der Waals surface area contributed by atoms with Gasteiger partial charge in [-0.2, -0.15) is 0 Å². The van der Waals surface area contributed by atoms with Crippen LogP contribution in [0.5, 0.6) is 0 Å². The number of ether oxygens (including phenoxy) is 1. The Kier molecular flexibility index (Phi) is 7.33. The molecule has 0 saturated carbocycles. The lowest BCUT2D eigenvalue weighted by Crippen LogP contribution is -2.52. The molecule has 2 rings (SSSR count). The standard InChI is InChI=1S/C17H26N2O2.ClH/c1-13(15-6-4-3-5-7-15)14(2)19-16(20)17(12-18)8-10-21-11-9-17;/h3-7,13-14H,8-12,18H2,1-2H3,(H,19,20);1H. The number of rotatable bonds is 5. The minimum Gasteiger partial charge on any atom is -0.381 e. The first-order valence-electron chi connectivity index (χ1n) is 7.73. The van der Waals surface area contributed by atoms with E-state index in [9.17, 15) is 4.79 Å². The number of hydrogen-bond acceptors (Lipinski definition) is 3. The van der Waals surface area contributed by atoms with Gasteiger partial charge < -0.3 is 15.8 Å². The van der Waals surface area contributed by atoms with Crippen molar-refractivity contribution in [2.24, 2.45) is 11.1 Å².